The monoisotopic (exact) mass is 401 g/mol. The lowest BCUT2D eigenvalue weighted by Gasteiger charge is -2.17. The van der Waals surface area contributed by atoms with E-state index in [9.17, 15) is 8.78 Å². The van der Waals surface area contributed by atoms with E-state index in [0.29, 0.717) is 10.2 Å². The Balaban J connectivity index is 1.94. The van der Waals surface area contributed by atoms with E-state index in [2.05, 4.69) is 37.2 Å². The van der Waals surface area contributed by atoms with Crippen molar-refractivity contribution in [3.63, 3.8) is 0 Å². The summed E-state index contributed by atoms with van der Waals surface area (Å²) in [6.07, 6.45) is 1.83. The van der Waals surface area contributed by atoms with E-state index in [4.69, 9.17) is 0 Å². The van der Waals surface area contributed by atoms with E-state index < -0.39 is 11.6 Å². The molecule has 0 spiro atoms. The summed E-state index contributed by atoms with van der Waals surface area (Å²) in [6.45, 7) is 0. The first-order valence-corrected chi connectivity index (χ1v) is 7.83. The number of hydrogen-bond donors (Lipinski definition) is 1. The van der Waals surface area contributed by atoms with Crippen molar-refractivity contribution in [2.24, 2.45) is 0 Å². The first-order chi connectivity index (χ1) is 9.56. The molecule has 0 amide bonds. The fourth-order valence-corrected chi connectivity index (χ4v) is 3.72. The Bertz CT molecular complexity index is 650. The summed E-state index contributed by atoms with van der Waals surface area (Å²) in [4.78, 5) is 0. The van der Waals surface area contributed by atoms with Gasteiger partial charge in [-0.1, -0.05) is 28.1 Å². The second-order valence-corrected chi connectivity index (χ2v) is 6.50. The van der Waals surface area contributed by atoms with Gasteiger partial charge in [-0.05, 0) is 52.0 Å². The molecule has 2 aromatic rings. The minimum atomic E-state index is -0.588. The number of anilines is 1. The number of fused-ring (bicyclic) bond motifs is 1. The molecule has 3 rings (SSSR count). The van der Waals surface area contributed by atoms with Gasteiger partial charge in [-0.25, -0.2) is 8.78 Å². The molecule has 0 heterocycles. The number of benzene rings is 2. The highest BCUT2D eigenvalue weighted by Crippen LogP contribution is 2.39. The van der Waals surface area contributed by atoms with Crippen molar-refractivity contribution >= 4 is 37.5 Å². The lowest BCUT2D eigenvalue weighted by molar-refractivity contribution is 0.581. The third-order valence-corrected chi connectivity index (χ3v) is 4.91. The largest absolute Gasteiger partial charge is 0.375 e. The van der Waals surface area contributed by atoms with Crippen molar-refractivity contribution in [3.05, 3.63) is 62.0 Å². The van der Waals surface area contributed by atoms with Gasteiger partial charge in [0.2, 0.25) is 0 Å². The van der Waals surface area contributed by atoms with Crippen molar-refractivity contribution in [1.29, 1.82) is 0 Å². The summed E-state index contributed by atoms with van der Waals surface area (Å²) in [5.41, 5.74) is 2.72. The molecule has 0 fully saturated rings. The molecule has 0 aliphatic heterocycles. The Morgan fingerprint density at radius 3 is 2.65 bits per heavy atom. The molecule has 20 heavy (non-hydrogen) atoms. The lowest BCUT2D eigenvalue weighted by Crippen LogP contribution is -2.09. The van der Waals surface area contributed by atoms with Gasteiger partial charge in [0.1, 0.15) is 11.6 Å². The summed E-state index contributed by atoms with van der Waals surface area (Å²) in [5, 5.41) is 3.18. The molecular formula is C15H11Br2F2N. The molecule has 1 unspecified atom stereocenters. The molecule has 0 bridgehead atoms. The Morgan fingerprint density at radius 1 is 1.10 bits per heavy atom. The van der Waals surface area contributed by atoms with Gasteiger partial charge in [0.05, 0.1) is 11.7 Å². The Labute approximate surface area is 132 Å². The minimum Gasteiger partial charge on any atom is -0.375 e. The fraction of sp³-hybridized carbons (Fsp3) is 0.200. The highest BCUT2D eigenvalue weighted by atomic mass is 79.9. The highest BCUT2D eigenvalue weighted by molar-refractivity contribution is 9.10. The van der Waals surface area contributed by atoms with Crippen molar-refractivity contribution in [2.45, 2.75) is 18.9 Å². The maximum atomic E-state index is 13.9. The third-order valence-electron chi connectivity index (χ3n) is 3.54. The van der Waals surface area contributed by atoms with Crippen LogP contribution >= 0.6 is 31.9 Å². The summed E-state index contributed by atoms with van der Waals surface area (Å²) >= 11 is 6.75. The maximum Gasteiger partial charge on any atom is 0.150 e. The topological polar surface area (TPSA) is 12.0 Å². The van der Waals surface area contributed by atoms with Gasteiger partial charge in [0.25, 0.3) is 0 Å². The summed E-state index contributed by atoms with van der Waals surface area (Å²) in [5.74, 6) is -1.17. The maximum absolute atomic E-state index is 13.9. The normalized spacial score (nSPS) is 17.1. The van der Waals surface area contributed by atoms with Crippen LogP contribution in [0.4, 0.5) is 14.5 Å². The van der Waals surface area contributed by atoms with Crippen LogP contribution < -0.4 is 5.32 Å². The van der Waals surface area contributed by atoms with Crippen LogP contribution in [0.25, 0.3) is 0 Å². The highest BCUT2D eigenvalue weighted by Gasteiger charge is 2.25. The first-order valence-electron chi connectivity index (χ1n) is 6.24. The molecule has 1 atom stereocenters. The van der Waals surface area contributed by atoms with E-state index in [0.717, 1.165) is 28.9 Å². The average molecular weight is 403 g/mol. The van der Waals surface area contributed by atoms with E-state index >= 15 is 0 Å². The van der Waals surface area contributed by atoms with E-state index in [1.807, 2.05) is 18.2 Å². The van der Waals surface area contributed by atoms with Gasteiger partial charge >= 0.3 is 0 Å². The van der Waals surface area contributed by atoms with Gasteiger partial charge in [-0.3, -0.25) is 0 Å². The van der Waals surface area contributed by atoms with Crippen LogP contribution in [0.15, 0.2) is 39.3 Å². The van der Waals surface area contributed by atoms with Crippen molar-refractivity contribution in [2.75, 3.05) is 5.32 Å². The minimum absolute atomic E-state index is 0.0405. The molecule has 0 aromatic heterocycles. The van der Waals surface area contributed by atoms with Gasteiger partial charge in [-0.2, -0.15) is 0 Å². The molecule has 104 valence electrons. The van der Waals surface area contributed by atoms with Gasteiger partial charge in [0.15, 0.2) is 0 Å². The zero-order chi connectivity index (χ0) is 14.3. The summed E-state index contributed by atoms with van der Waals surface area (Å²) < 4.78 is 28.5. The van der Waals surface area contributed by atoms with Crippen molar-refractivity contribution in [3.8, 4) is 0 Å². The lowest BCUT2D eigenvalue weighted by atomic mass is 10.1. The third kappa shape index (κ3) is 2.49. The summed E-state index contributed by atoms with van der Waals surface area (Å²) in [7, 11) is 0. The molecule has 1 N–H and O–H groups in total. The average Bonchev–Trinajstić information content (AvgIpc) is 2.78. The first kappa shape index (κ1) is 14.0. The van der Waals surface area contributed by atoms with Crippen LogP contribution in [0.5, 0.6) is 0 Å². The Morgan fingerprint density at radius 2 is 1.90 bits per heavy atom. The summed E-state index contributed by atoms with van der Waals surface area (Å²) in [6, 6.07) is 8.22. The molecule has 1 nitrogen and oxygen atoms in total. The zero-order valence-electron chi connectivity index (χ0n) is 10.4. The molecule has 1 aliphatic rings. The fourth-order valence-electron chi connectivity index (χ4n) is 2.61. The molecule has 1 aliphatic carbocycles. The molecule has 0 saturated carbocycles. The molecular weight excluding hydrogens is 392 g/mol. The van der Waals surface area contributed by atoms with Gasteiger partial charge in [0, 0.05) is 15.0 Å². The quantitative estimate of drug-likeness (QED) is 0.690. The standard InChI is InChI=1S/C15H11Br2F2N/c16-11-3-1-2-10-9(11)4-5-14(10)20-15-12(17)6-8(18)7-13(15)19/h1-3,6-7,14,20H,4-5H2. The van der Waals surface area contributed by atoms with Gasteiger partial charge in [-0.15, -0.1) is 0 Å². The number of nitrogens with one attached hydrogen (secondary N) is 1. The molecule has 2 aromatic carbocycles. The van der Waals surface area contributed by atoms with Crippen LogP contribution in [0.2, 0.25) is 0 Å². The van der Waals surface area contributed by atoms with Crippen LogP contribution in [-0.4, -0.2) is 0 Å². The molecule has 5 heteroatoms. The van der Waals surface area contributed by atoms with Crippen LogP contribution in [-0.2, 0) is 6.42 Å². The number of halogens is 4. The van der Waals surface area contributed by atoms with E-state index in [1.165, 1.54) is 11.6 Å². The van der Waals surface area contributed by atoms with E-state index in [1.54, 1.807) is 0 Å². The van der Waals surface area contributed by atoms with Crippen LogP contribution in [0, 0.1) is 11.6 Å². The molecule has 0 saturated heterocycles. The zero-order valence-corrected chi connectivity index (χ0v) is 13.6. The Kier molecular flexibility index (Phi) is 3.82. The predicted octanol–water partition coefficient (Wildman–Crippen LogP) is 5.59. The molecule has 0 radical (unpaired) electrons. The van der Waals surface area contributed by atoms with Gasteiger partial charge < -0.3 is 5.32 Å². The van der Waals surface area contributed by atoms with Crippen molar-refractivity contribution < 1.29 is 8.78 Å². The predicted molar refractivity (Wildman–Crippen MR) is 82.9 cm³/mol. The smallest absolute Gasteiger partial charge is 0.150 e. The van der Waals surface area contributed by atoms with Crippen molar-refractivity contribution in [1.82, 2.24) is 0 Å². The number of rotatable bonds is 2. The Hall–Kier alpha value is -0.940. The SMILES string of the molecule is Fc1cc(F)c(NC2CCc3c(Br)cccc32)c(Br)c1. The van der Waals surface area contributed by atoms with Crippen LogP contribution in [0.3, 0.4) is 0 Å². The number of hydrogen-bond acceptors (Lipinski definition) is 1. The second kappa shape index (κ2) is 5.45. The van der Waals surface area contributed by atoms with Crippen LogP contribution in [0.1, 0.15) is 23.6 Å². The second-order valence-electron chi connectivity index (χ2n) is 4.79. The van der Waals surface area contributed by atoms with E-state index in [-0.39, 0.29) is 6.04 Å².